The highest BCUT2D eigenvalue weighted by atomic mass is 32.2. The summed E-state index contributed by atoms with van der Waals surface area (Å²) in [5.74, 6) is -1.18. The van der Waals surface area contributed by atoms with Gasteiger partial charge in [0.05, 0.1) is 16.9 Å². The fourth-order valence-electron chi connectivity index (χ4n) is 3.09. The van der Waals surface area contributed by atoms with Gasteiger partial charge < -0.3 is 14.6 Å². The molecule has 158 valence electrons. The zero-order valence-electron chi connectivity index (χ0n) is 15.5. The molecule has 0 radical (unpaired) electrons. The topological polar surface area (TPSA) is 91.6 Å². The normalized spacial score (nSPS) is 15.4. The van der Waals surface area contributed by atoms with Gasteiger partial charge >= 0.3 is 6.18 Å². The number of carbonyl (C=O) groups is 1. The van der Waals surface area contributed by atoms with E-state index < -0.39 is 32.8 Å². The molecule has 11 heteroatoms. The van der Waals surface area contributed by atoms with Crippen LogP contribution in [-0.4, -0.2) is 34.5 Å². The molecule has 1 aliphatic rings. The van der Waals surface area contributed by atoms with Crippen LogP contribution in [0.4, 0.5) is 24.5 Å². The van der Waals surface area contributed by atoms with Crippen molar-refractivity contribution in [1.82, 2.24) is 4.72 Å². The minimum Gasteiger partial charge on any atom is -0.438 e. The number of furan rings is 1. The highest BCUT2D eigenvalue weighted by molar-refractivity contribution is 7.89. The molecule has 0 saturated carbocycles. The molecular weight excluding hydrogens is 411 g/mol. The van der Waals surface area contributed by atoms with Gasteiger partial charge in [0, 0.05) is 13.1 Å². The van der Waals surface area contributed by atoms with Crippen molar-refractivity contribution in [3.05, 3.63) is 41.7 Å². The van der Waals surface area contributed by atoms with Gasteiger partial charge in [0.15, 0.2) is 5.76 Å². The Morgan fingerprint density at radius 2 is 1.79 bits per heavy atom. The third kappa shape index (κ3) is 4.73. The molecular formula is C18H20F3N3O4S. The lowest BCUT2D eigenvalue weighted by molar-refractivity contribution is -0.137. The van der Waals surface area contributed by atoms with Crippen LogP contribution in [0.15, 0.2) is 39.8 Å². The Kier molecular flexibility index (Phi) is 5.90. The third-order valence-corrected chi connectivity index (χ3v) is 5.89. The highest BCUT2D eigenvalue weighted by Gasteiger charge is 2.32. The molecule has 7 nitrogen and oxygen atoms in total. The Hall–Kier alpha value is -2.53. The number of hydrogen-bond donors (Lipinski definition) is 2. The largest absolute Gasteiger partial charge is 0.438 e. The van der Waals surface area contributed by atoms with Crippen molar-refractivity contribution in [1.29, 1.82) is 0 Å². The molecule has 1 fully saturated rings. The monoisotopic (exact) mass is 431 g/mol. The van der Waals surface area contributed by atoms with Crippen LogP contribution in [0.1, 0.15) is 35.4 Å². The van der Waals surface area contributed by atoms with Crippen molar-refractivity contribution < 1.29 is 30.8 Å². The molecule has 29 heavy (non-hydrogen) atoms. The number of amides is 1. The predicted octanol–water partition coefficient (Wildman–Crippen LogP) is 3.45. The van der Waals surface area contributed by atoms with Crippen LogP contribution in [0.25, 0.3) is 0 Å². The maximum atomic E-state index is 13.2. The quantitative estimate of drug-likeness (QED) is 0.757. The van der Waals surface area contributed by atoms with Gasteiger partial charge in [0.2, 0.25) is 5.09 Å². The highest BCUT2D eigenvalue weighted by Crippen LogP contribution is 2.36. The summed E-state index contributed by atoms with van der Waals surface area (Å²) in [5.41, 5.74) is -0.437. The van der Waals surface area contributed by atoms with Crippen LogP contribution in [0.3, 0.4) is 0 Å². The number of piperidine rings is 1. The van der Waals surface area contributed by atoms with E-state index in [1.807, 2.05) is 4.90 Å². The molecule has 0 bridgehead atoms. The summed E-state index contributed by atoms with van der Waals surface area (Å²) in [5, 5.41) is 1.96. The first-order valence-corrected chi connectivity index (χ1v) is 10.4. The maximum absolute atomic E-state index is 13.2. The summed E-state index contributed by atoms with van der Waals surface area (Å²) in [6, 6.07) is 5.43. The lowest BCUT2D eigenvalue weighted by Gasteiger charge is -2.31. The van der Waals surface area contributed by atoms with E-state index in [1.165, 1.54) is 13.1 Å². The minimum atomic E-state index is -4.57. The van der Waals surface area contributed by atoms with E-state index in [9.17, 15) is 26.4 Å². The third-order valence-electron chi connectivity index (χ3n) is 4.61. The van der Waals surface area contributed by atoms with E-state index in [0.29, 0.717) is 18.8 Å². The molecule has 0 spiro atoms. The van der Waals surface area contributed by atoms with E-state index in [-0.39, 0.29) is 11.4 Å². The molecule has 1 saturated heterocycles. The molecule has 3 rings (SSSR count). The fraction of sp³-hybridized carbons (Fsp3) is 0.389. The number of sulfonamides is 1. The Bertz CT molecular complexity index is 996. The first-order valence-electron chi connectivity index (χ1n) is 8.93. The summed E-state index contributed by atoms with van der Waals surface area (Å²) >= 11 is 0. The van der Waals surface area contributed by atoms with Crippen molar-refractivity contribution in [3.63, 3.8) is 0 Å². The second-order valence-electron chi connectivity index (χ2n) is 6.56. The summed E-state index contributed by atoms with van der Waals surface area (Å²) in [6.45, 7) is 1.33. The fourth-order valence-corrected chi connectivity index (χ4v) is 3.74. The van der Waals surface area contributed by atoms with Crippen LogP contribution in [0.2, 0.25) is 0 Å². The van der Waals surface area contributed by atoms with Crippen molar-refractivity contribution in [2.24, 2.45) is 0 Å². The second-order valence-corrected chi connectivity index (χ2v) is 8.38. The summed E-state index contributed by atoms with van der Waals surface area (Å²) < 4.78 is 70.1. The van der Waals surface area contributed by atoms with Crippen molar-refractivity contribution >= 4 is 27.3 Å². The van der Waals surface area contributed by atoms with Gasteiger partial charge in [0.25, 0.3) is 15.9 Å². The van der Waals surface area contributed by atoms with Gasteiger partial charge in [-0.05, 0) is 56.6 Å². The molecule has 0 unspecified atom stereocenters. The van der Waals surface area contributed by atoms with E-state index in [2.05, 4.69) is 10.0 Å². The maximum Gasteiger partial charge on any atom is 0.416 e. The minimum absolute atomic E-state index is 0.0128. The van der Waals surface area contributed by atoms with Gasteiger partial charge in [-0.1, -0.05) is 0 Å². The van der Waals surface area contributed by atoms with Crippen molar-refractivity contribution in [2.45, 2.75) is 30.5 Å². The number of nitrogens with zero attached hydrogens (tertiary/aromatic N) is 1. The van der Waals surface area contributed by atoms with E-state index >= 15 is 0 Å². The Labute approximate surface area is 165 Å². The molecule has 0 atom stereocenters. The molecule has 0 aliphatic carbocycles. The zero-order chi connectivity index (χ0) is 21.2. The van der Waals surface area contributed by atoms with Crippen LogP contribution in [0, 0.1) is 0 Å². The van der Waals surface area contributed by atoms with E-state index in [0.717, 1.165) is 43.5 Å². The van der Waals surface area contributed by atoms with Crippen LogP contribution in [-0.2, 0) is 16.2 Å². The average Bonchev–Trinajstić information content (AvgIpc) is 3.19. The predicted molar refractivity (Wildman–Crippen MR) is 100 cm³/mol. The lowest BCUT2D eigenvalue weighted by atomic mass is 10.1. The molecule has 1 aromatic heterocycles. The molecule has 1 aromatic carbocycles. The first kappa shape index (κ1) is 21.2. The van der Waals surface area contributed by atoms with Crippen molar-refractivity contribution in [2.75, 3.05) is 30.4 Å². The summed E-state index contributed by atoms with van der Waals surface area (Å²) in [4.78, 5) is 14.4. The summed E-state index contributed by atoms with van der Waals surface area (Å²) in [7, 11) is -2.70. The SMILES string of the molecule is CNS(=O)(=O)c1ccc(C(=O)Nc2cc(C(F)(F)F)ccc2N2CCCCC2)o1. The molecule has 1 aliphatic heterocycles. The lowest BCUT2D eigenvalue weighted by Crippen LogP contribution is -2.30. The van der Waals surface area contributed by atoms with Crippen molar-refractivity contribution in [3.8, 4) is 0 Å². The first-order chi connectivity index (χ1) is 13.6. The average molecular weight is 431 g/mol. The number of halogens is 3. The van der Waals surface area contributed by atoms with E-state index in [1.54, 1.807) is 0 Å². The van der Waals surface area contributed by atoms with Gasteiger partial charge in [-0.3, -0.25) is 4.79 Å². The Morgan fingerprint density at radius 1 is 1.10 bits per heavy atom. The second kappa shape index (κ2) is 8.07. The number of carbonyl (C=O) groups excluding carboxylic acids is 1. The number of rotatable bonds is 5. The summed E-state index contributed by atoms with van der Waals surface area (Å²) in [6.07, 6.45) is -1.73. The standard InChI is InChI=1S/C18H20F3N3O4S/c1-22-29(26,27)16-8-7-15(28-16)17(25)23-13-11-12(18(19,20)21)5-6-14(13)24-9-3-2-4-10-24/h5-8,11,22H,2-4,9-10H2,1H3,(H,23,25). The Balaban J connectivity index is 1.92. The van der Waals surface area contributed by atoms with Gasteiger partial charge in [-0.15, -0.1) is 0 Å². The van der Waals surface area contributed by atoms with Crippen LogP contribution >= 0.6 is 0 Å². The number of alkyl halides is 3. The number of benzene rings is 1. The van der Waals surface area contributed by atoms with Crippen LogP contribution < -0.4 is 14.9 Å². The molecule has 1 amide bonds. The zero-order valence-corrected chi connectivity index (χ0v) is 16.4. The smallest absolute Gasteiger partial charge is 0.416 e. The number of nitrogens with one attached hydrogen (secondary N) is 2. The number of hydrogen-bond acceptors (Lipinski definition) is 5. The molecule has 2 aromatic rings. The molecule has 2 heterocycles. The molecule has 2 N–H and O–H groups in total. The number of anilines is 2. The van der Waals surface area contributed by atoms with E-state index in [4.69, 9.17) is 4.42 Å². The van der Waals surface area contributed by atoms with Gasteiger partial charge in [-0.2, -0.15) is 13.2 Å². The van der Waals surface area contributed by atoms with Crippen LogP contribution in [0.5, 0.6) is 0 Å². The van der Waals surface area contributed by atoms with Gasteiger partial charge in [-0.25, -0.2) is 13.1 Å². The Morgan fingerprint density at radius 3 is 2.41 bits per heavy atom. The van der Waals surface area contributed by atoms with Gasteiger partial charge in [0.1, 0.15) is 0 Å².